The van der Waals surface area contributed by atoms with Crippen molar-refractivity contribution in [3.05, 3.63) is 11.6 Å². The standard InChI is InChI=1S/C11H21NO/c1-10(2)5-6-12-8-11-4-3-7-13-9-11/h5,11-12H,3-4,6-9H2,1-2H3. The first-order chi connectivity index (χ1) is 6.29. The summed E-state index contributed by atoms with van der Waals surface area (Å²) in [7, 11) is 0. The number of hydrogen-bond acceptors (Lipinski definition) is 2. The van der Waals surface area contributed by atoms with E-state index in [0.717, 1.165) is 32.2 Å². The van der Waals surface area contributed by atoms with E-state index in [1.807, 2.05) is 0 Å². The first-order valence-corrected chi connectivity index (χ1v) is 5.21. The Balaban J connectivity index is 2.01. The third-order valence-electron chi connectivity index (χ3n) is 2.34. The van der Waals surface area contributed by atoms with Gasteiger partial charge >= 0.3 is 0 Å². The van der Waals surface area contributed by atoms with Crippen molar-refractivity contribution in [2.45, 2.75) is 26.7 Å². The third-order valence-corrected chi connectivity index (χ3v) is 2.34. The lowest BCUT2D eigenvalue weighted by atomic mass is 10.0. The zero-order valence-corrected chi connectivity index (χ0v) is 8.81. The maximum Gasteiger partial charge on any atom is 0.0506 e. The van der Waals surface area contributed by atoms with Gasteiger partial charge in [-0.2, -0.15) is 0 Å². The molecule has 1 rings (SSSR count). The van der Waals surface area contributed by atoms with Gasteiger partial charge in [0.2, 0.25) is 0 Å². The molecule has 76 valence electrons. The molecule has 1 aliphatic rings. The summed E-state index contributed by atoms with van der Waals surface area (Å²) in [5, 5.41) is 3.43. The fourth-order valence-electron chi connectivity index (χ4n) is 1.53. The molecule has 0 aliphatic carbocycles. The van der Waals surface area contributed by atoms with E-state index in [-0.39, 0.29) is 0 Å². The second-order valence-corrected chi connectivity index (χ2v) is 4.02. The van der Waals surface area contributed by atoms with Gasteiger partial charge in [-0.3, -0.25) is 0 Å². The summed E-state index contributed by atoms with van der Waals surface area (Å²) in [5.41, 5.74) is 1.38. The van der Waals surface area contributed by atoms with Gasteiger partial charge < -0.3 is 10.1 Å². The molecule has 2 nitrogen and oxygen atoms in total. The predicted octanol–water partition coefficient (Wildman–Crippen LogP) is 1.97. The van der Waals surface area contributed by atoms with Crippen LogP contribution in [-0.2, 0) is 4.74 Å². The van der Waals surface area contributed by atoms with Crippen molar-refractivity contribution < 1.29 is 4.74 Å². The average Bonchev–Trinajstić information content (AvgIpc) is 2.14. The van der Waals surface area contributed by atoms with E-state index in [1.54, 1.807) is 0 Å². The molecule has 0 bridgehead atoms. The van der Waals surface area contributed by atoms with Gasteiger partial charge in [-0.15, -0.1) is 0 Å². The second-order valence-electron chi connectivity index (χ2n) is 4.02. The summed E-state index contributed by atoms with van der Waals surface area (Å²) < 4.78 is 5.40. The van der Waals surface area contributed by atoms with Gasteiger partial charge in [-0.1, -0.05) is 11.6 Å². The van der Waals surface area contributed by atoms with Crippen LogP contribution in [0.2, 0.25) is 0 Å². The van der Waals surface area contributed by atoms with Crippen LogP contribution in [0.1, 0.15) is 26.7 Å². The van der Waals surface area contributed by atoms with Crippen molar-refractivity contribution in [3.63, 3.8) is 0 Å². The molecule has 1 N–H and O–H groups in total. The summed E-state index contributed by atoms with van der Waals surface area (Å²) in [6.07, 6.45) is 4.78. The van der Waals surface area contributed by atoms with E-state index >= 15 is 0 Å². The topological polar surface area (TPSA) is 21.3 Å². The van der Waals surface area contributed by atoms with Crippen molar-refractivity contribution in [2.24, 2.45) is 5.92 Å². The van der Waals surface area contributed by atoms with Crippen molar-refractivity contribution in [2.75, 3.05) is 26.3 Å². The van der Waals surface area contributed by atoms with Crippen LogP contribution in [0.15, 0.2) is 11.6 Å². The van der Waals surface area contributed by atoms with Crippen molar-refractivity contribution in [1.82, 2.24) is 5.32 Å². The van der Waals surface area contributed by atoms with Crippen LogP contribution < -0.4 is 5.32 Å². The zero-order chi connectivity index (χ0) is 9.52. The molecule has 1 fully saturated rings. The first-order valence-electron chi connectivity index (χ1n) is 5.21. The molecule has 1 unspecified atom stereocenters. The number of nitrogens with one attached hydrogen (secondary N) is 1. The van der Waals surface area contributed by atoms with E-state index in [1.165, 1.54) is 18.4 Å². The molecule has 1 aliphatic heterocycles. The predicted molar refractivity (Wildman–Crippen MR) is 55.8 cm³/mol. The van der Waals surface area contributed by atoms with Gasteiger partial charge in [0.05, 0.1) is 6.61 Å². The lowest BCUT2D eigenvalue weighted by Crippen LogP contribution is -2.29. The molecule has 13 heavy (non-hydrogen) atoms. The summed E-state index contributed by atoms with van der Waals surface area (Å²) in [4.78, 5) is 0. The smallest absolute Gasteiger partial charge is 0.0506 e. The monoisotopic (exact) mass is 183 g/mol. The molecule has 0 saturated carbocycles. The molecule has 0 aromatic rings. The second kappa shape index (κ2) is 6.17. The van der Waals surface area contributed by atoms with E-state index in [0.29, 0.717) is 0 Å². The fraction of sp³-hybridized carbons (Fsp3) is 0.818. The Morgan fingerprint density at radius 3 is 3.00 bits per heavy atom. The van der Waals surface area contributed by atoms with Crippen LogP contribution in [-0.4, -0.2) is 26.3 Å². The molecule has 1 heterocycles. The van der Waals surface area contributed by atoms with E-state index in [2.05, 4.69) is 25.2 Å². The van der Waals surface area contributed by atoms with E-state index in [4.69, 9.17) is 4.74 Å². The summed E-state index contributed by atoms with van der Waals surface area (Å²) in [5.74, 6) is 0.735. The summed E-state index contributed by atoms with van der Waals surface area (Å²) in [6.45, 7) is 8.27. The zero-order valence-electron chi connectivity index (χ0n) is 8.81. The molecule has 0 spiro atoms. The Kier molecular flexibility index (Phi) is 5.09. The average molecular weight is 183 g/mol. The van der Waals surface area contributed by atoms with Crippen LogP contribution in [0, 0.1) is 5.92 Å². The largest absolute Gasteiger partial charge is 0.381 e. The number of ether oxygens (including phenoxy) is 1. The van der Waals surface area contributed by atoms with Gasteiger partial charge in [0.25, 0.3) is 0 Å². The Hall–Kier alpha value is -0.340. The lowest BCUT2D eigenvalue weighted by Gasteiger charge is -2.21. The Morgan fingerprint density at radius 2 is 2.38 bits per heavy atom. The highest BCUT2D eigenvalue weighted by Crippen LogP contribution is 2.11. The maximum atomic E-state index is 5.40. The van der Waals surface area contributed by atoms with Gasteiger partial charge in [0, 0.05) is 19.7 Å². The molecule has 2 heteroatoms. The third kappa shape index (κ3) is 5.06. The van der Waals surface area contributed by atoms with Gasteiger partial charge in [0.15, 0.2) is 0 Å². The van der Waals surface area contributed by atoms with Crippen molar-refractivity contribution in [3.8, 4) is 0 Å². The molecule has 1 saturated heterocycles. The highest BCUT2D eigenvalue weighted by Gasteiger charge is 2.12. The van der Waals surface area contributed by atoms with E-state index < -0.39 is 0 Å². The van der Waals surface area contributed by atoms with Crippen molar-refractivity contribution >= 4 is 0 Å². The van der Waals surface area contributed by atoms with Crippen LogP contribution in [0.4, 0.5) is 0 Å². The number of allylic oxidation sites excluding steroid dienone is 1. The van der Waals surface area contributed by atoms with Crippen LogP contribution in [0.5, 0.6) is 0 Å². The molecule has 0 amide bonds. The van der Waals surface area contributed by atoms with E-state index in [9.17, 15) is 0 Å². The normalized spacial score (nSPS) is 22.8. The SMILES string of the molecule is CC(C)=CCNCC1CCCOC1. The highest BCUT2D eigenvalue weighted by atomic mass is 16.5. The molecule has 0 aromatic heterocycles. The molecule has 0 radical (unpaired) electrons. The van der Waals surface area contributed by atoms with Crippen molar-refractivity contribution in [1.29, 1.82) is 0 Å². The Labute approximate surface area is 81.4 Å². The Morgan fingerprint density at radius 1 is 1.54 bits per heavy atom. The molecular weight excluding hydrogens is 162 g/mol. The van der Waals surface area contributed by atoms with Crippen LogP contribution in [0.3, 0.4) is 0 Å². The minimum atomic E-state index is 0.735. The number of hydrogen-bond donors (Lipinski definition) is 1. The lowest BCUT2D eigenvalue weighted by molar-refractivity contribution is 0.0552. The fourth-order valence-corrected chi connectivity index (χ4v) is 1.53. The molecule has 0 aromatic carbocycles. The number of rotatable bonds is 4. The van der Waals surface area contributed by atoms with Crippen LogP contribution >= 0.6 is 0 Å². The van der Waals surface area contributed by atoms with Gasteiger partial charge in [0.1, 0.15) is 0 Å². The summed E-state index contributed by atoms with van der Waals surface area (Å²) in [6, 6.07) is 0. The van der Waals surface area contributed by atoms with Gasteiger partial charge in [-0.25, -0.2) is 0 Å². The quantitative estimate of drug-likeness (QED) is 0.531. The van der Waals surface area contributed by atoms with Crippen LogP contribution in [0.25, 0.3) is 0 Å². The minimum absolute atomic E-state index is 0.735. The molecular formula is C11H21NO. The highest BCUT2D eigenvalue weighted by molar-refractivity contribution is 4.94. The maximum absolute atomic E-state index is 5.40. The van der Waals surface area contributed by atoms with Gasteiger partial charge in [-0.05, 0) is 32.6 Å². The summed E-state index contributed by atoms with van der Waals surface area (Å²) >= 11 is 0. The minimum Gasteiger partial charge on any atom is -0.381 e. The molecule has 1 atom stereocenters. The Bertz CT molecular complexity index is 155. The first kappa shape index (κ1) is 10.7.